The molecule has 0 radical (unpaired) electrons. The van der Waals surface area contributed by atoms with Crippen LogP contribution >= 0.6 is 0 Å². The monoisotopic (exact) mass is 511 g/mol. The molecule has 0 atom stereocenters. The Balaban J connectivity index is 1.37. The lowest BCUT2D eigenvalue weighted by atomic mass is 10.1. The third-order valence-corrected chi connectivity index (χ3v) is 5.82. The molecule has 2 N–H and O–H groups in total. The highest BCUT2D eigenvalue weighted by Crippen LogP contribution is 2.31. The summed E-state index contributed by atoms with van der Waals surface area (Å²) in [5.41, 5.74) is 2.90. The predicted octanol–water partition coefficient (Wildman–Crippen LogP) is 5.43. The number of benzene rings is 3. The first-order valence-corrected chi connectivity index (χ1v) is 11.7. The molecular formula is C29H25N3O6. The van der Waals surface area contributed by atoms with Crippen molar-refractivity contribution in [1.29, 1.82) is 0 Å². The van der Waals surface area contributed by atoms with Crippen molar-refractivity contribution in [2.75, 3.05) is 30.4 Å². The van der Waals surface area contributed by atoms with E-state index in [1.54, 1.807) is 48.5 Å². The van der Waals surface area contributed by atoms with Gasteiger partial charge in [-0.1, -0.05) is 30.3 Å². The highest BCUT2D eigenvalue weighted by Gasteiger charge is 2.19. The maximum atomic E-state index is 12.6. The van der Waals surface area contributed by atoms with Gasteiger partial charge in [-0.05, 0) is 66.2 Å². The summed E-state index contributed by atoms with van der Waals surface area (Å²) in [6, 6.07) is 23.1. The molecule has 192 valence electrons. The Morgan fingerprint density at radius 3 is 2.39 bits per heavy atom. The van der Waals surface area contributed by atoms with E-state index in [1.807, 2.05) is 36.2 Å². The van der Waals surface area contributed by atoms with E-state index in [0.29, 0.717) is 17.8 Å². The number of likely N-dealkylation sites (N-methyl/N-ethyl adjacent to an activating group) is 1. The second-order valence-electron chi connectivity index (χ2n) is 8.40. The second kappa shape index (κ2) is 11.8. The highest BCUT2D eigenvalue weighted by atomic mass is 16.6. The number of hydrogen-bond acceptors (Lipinski definition) is 7. The molecule has 0 aliphatic carbocycles. The number of para-hydroxylation sites is 1. The van der Waals surface area contributed by atoms with Gasteiger partial charge >= 0.3 is 0 Å². The van der Waals surface area contributed by atoms with Crippen LogP contribution in [0.15, 0.2) is 95.4 Å². The summed E-state index contributed by atoms with van der Waals surface area (Å²) in [4.78, 5) is 37.9. The van der Waals surface area contributed by atoms with Gasteiger partial charge in [0.2, 0.25) is 0 Å². The van der Waals surface area contributed by atoms with E-state index < -0.39 is 10.8 Å². The molecule has 0 saturated carbocycles. The quantitative estimate of drug-likeness (QED) is 0.126. The van der Waals surface area contributed by atoms with Gasteiger partial charge in [-0.3, -0.25) is 19.7 Å². The van der Waals surface area contributed by atoms with Gasteiger partial charge in [0.05, 0.1) is 17.1 Å². The third-order valence-electron chi connectivity index (χ3n) is 5.82. The number of amides is 1. The summed E-state index contributed by atoms with van der Waals surface area (Å²) in [6.45, 7) is 0.602. The normalized spacial score (nSPS) is 10.9. The van der Waals surface area contributed by atoms with Gasteiger partial charge in [-0.25, -0.2) is 0 Å². The summed E-state index contributed by atoms with van der Waals surface area (Å²) in [6.07, 6.45) is 3.20. The Morgan fingerprint density at radius 2 is 1.71 bits per heavy atom. The summed E-state index contributed by atoms with van der Waals surface area (Å²) in [5, 5.41) is 23.0. The van der Waals surface area contributed by atoms with Gasteiger partial charge in [0, 0.05) is 36.6 Å². The van der Waals surface area contributed by atoms with E-state index in [1.165, 1.54) is 24.3 Å². The van der Waals surface area contributed by atoms with Gasteiger partial charge in [0.1, 0.15) is 5.76 Å². The maximum Gasteiger partial charge on any atom is 0.291 e. The average Bonchev–Trinajstić information content (AvgIpc) is 3.43. The SMILES string of the molecule is CN(CCO)c1ccc(/C=C/C(=O)c2ccc(NC(=O)c3ccc(-c4ccccc4[N+](=O)[O-])o3)cc2)cc1. The average molecular weight is 512 g/mol. The van der Waals surface area contributed by atoms with Gasteiger partial charge in [0.15, 0.2) is 11.5 Å². The number of allylic oxidation sites excluding steroid dienone is 1. The van der Waals surface area contributed by atoms with Crippen LogP contribution in [0.25, 0.3) is 17.4 Å². The van der Waals surface area contributed by atoms with Crippen molar-refractivity contribution in [3.8, 4) is 11.3 Å². The number of hydrogen-bond donors (Lipinski definition) is 2. The molecule has 0 bridgehead atoms. The minimum atomic E-state index is -0.526. The fourth-order valence-electron chi connectivity index (χ4n) is 3.74. The molecule has 3 aromatic carbocycles. The summed E-state index contributed by atoms with van der Waals surface area (Å²) >= 11 is 0. The number of ketones is 1. The van der Waals surface area contributed by atoms with Crippen molar-refractivity contribution in [3.63, 3.8) is 0 Å². The standard InChI is InChI=1S/C29H25N3O6/c1-31(18-19-33)23-13-6-20(7-14-23)8-15-26(34)21-9-11-22(12-10-21)30-29(35)28-17-16-27(38-28)24-4-2-3-5-25(24)32(36)37/h2-17,33H,18-19H2,1H3,(H,30,35)/b15-8+. The first kappa shape index (κ1) is 26.1. The molecule has 0 spiro atoms. The lowest BCUT2D eigenvalue weighted by molar-refractivity contribution is -0.384. The largest absolute Gasteiger partial charge is 0.451 e. The first-order valence-electron chi connectivity index (χ1n) is 11.7. The van der Waals surface area contributed by atoms with Crippen molar-refractivity contribution < 1.29 is 24.0 Å². The molecule has 1 heterocycles. The van der Waals surface area contributed by atoms with Crippen LogP contribution in [0.4, 0.5) is 17.1 Å². The Morgan fingerprint density at radius 1 is 1.00 bits per heavy atom. The van der Waals surface area contributed by atoms with Crippen molar-refractivity contribution in [1.82, 2.24) is 0 Å². The summed E-state index contributed by atoms with van der Waals surface area (Å²) in [7, 11) is 1.89. The number of carbonyl (C=O) groups is 2. The van der Waals surface area contributed by atoms with E-state index in [4.69, 9.17) is 9.52 Å². The minimum absolute atomic E-state index is 0.00481. The van der Waals surface area contributed by atoms with Crippen LogP contribution in [0, 0.1) is 10.1 Å². The van der Waals surface area contributed by atoms with Crippen molar-refractivity contribution >= 4 is 34.8 Å². The second-order valence-corrected chi connectivity index (χ2v) is 8.40. The molecule has 38 heavy (non-hydrogen) atoms. The number of anilines is 2. The Hall–Kier alpha value is -5.02. The van der Waals surface area contributed by atoms with E-state index >= 15 is 0 Å². The van der Waals surface area contributed by atoms with Crippen molar-refractivity contribution in [2.24, 2.45) is 0 Å². The summed E-state index contributed by atoms with van der Waals surface area (Å²) in [5.74, 6) is -0.511. The number of nitrogens with one attached hydrogen (secondary N) is 1. The van der Waals surface area contributed by atoms with E-state index in [9.17, 15) is 19.7 Å². The number of rotatable bonds is 10. The molecule has 9 nitrogen and oxygen atoms in total. The number of nitrogens with zero attached hydrogens (tertiary/aromatic N) is 2. The fourth-order valence-corrected chi connectivity index (χ4v) is 3.74. The van der Waals surface area contributed by atoms with Crippen LogP contribution < -0.4 is 10.2 Å². The molecule has 1 amide bonds. The number of nitro benzene ring substituents is 1. The van der Waals surface area contributed by atoms with E-state index in [2.05, 4.69) is 5.32 Å². The zero-order valence-electron chi connectivity index (χ0n) is 20.5. The Labute approximate surface area is 218 Å². The van der Waals surface area contributed by atoms with Crippen LogP contribution in [0.1, 0.15) is 26.5 Å². The number of aliphatic hydroxyl groups excluding tert-OH is 1. The van der Waals surface area contributed by atoms with Gasteiger partial charge < -0.3 is 19.7 Å². The van der Waals surface area contributed by atoms with Crippen molar-refractivity contribution in [3.05, 3.63) is 118 Å². The van der Waals surface area contributed by atoms with Crippen LogP contribution in [0.2, 0.25) is 0 Å². The smallest absolute Gasteiger partial charge is 0.291 e. The Kier molecular flexibility index (Phi) is 8.10. The topological polar surface area (TPSA) is 126 Å². The molecule has 0 unspecified atom stereocenters. The molecule has 0 aliphatic heterocycles. The molecule has 0 fully saturated rings. The predicted molar refractivity (Wildman–Crippen MR) is 145 cm³/mol. The zero-order valence-corrected chi connectivity index (χ0v) is 20.5. The first-order chi connectivity index (χ1) is 18.4. The number of nitro groups is 1. The van der Waals surface area contributed by atoms with Crippen molar-refractivity contribution in [2.45, 2.75) is 0 Å². The van der Waals surface area contributed by atoms with Gasteiger partial charge in [-0.15, -0.1) is 0 Å². The van der Waals surface area contributed by atoms with Crippen LogP contribution in [-0.2, 0) is 0 Å². The molecule has 0 aliphatic rings. The molecule has 0 saturated heterocycles. The van der Waals surface area contributed by atoms with Crippen LogP contribution in [-0.4, -0.2) is 41.9 Å². The lowest BCUT2D eigenvalue weighted by Gasteiger charge is -2.17. The molecule has 9 heteroatoms. The van der Waals surface area contributed by atoms with Crippen LogP contribution in [0.5, 0.6) is 0 Å². The highest BCUT2D eigenvalue weighted by molar-refractivity contribution is 6.07. The molecule has 1 aromatic heterocycles. The van der Waals surface area contributed by atoms with E-state index in [0.717, 1.165) is 11.3 Å². The summed E-state index contributed by atoms with van der Waals surface area (Å²) < 4.78 is 5.57. The number of furan rings is 1. The molecule has 4 aromatic rings. The number of aliphatic hydroxyl groups is 1. The maximum absolute atomic E-state index is 12.6. The zero-order chi connectivity index (χ0) is 27.1. The van der Waals surface area contributed by atoms with Gasteiger partial charge in [-0.2, -0.15) is 0 Å². The number of carbonyl (C=O) groups excluding carboxylic acids is 2. The Bertz CT molecular complexity index is 1470. The third kappa shape index (κ3) is 6.21. The van der Waals surface area contributed by atoms with Crippen LogP contribution in [0.3, 0.4) is 0 Å². The molecule has 4 rings (SSSR count). The lowest BCUT2D eigenvalue weighted by Crippen LogP contribution is -2.20. The molecular weight excluding hydrogens is 486 g/mol. The van der Waals surface area contributed by atoms with Gasteiger partial charge in [0.25, 0.3) is 11.6 Å². The minimum Gasteiger partial charge on any atom is -0.451 e. The fraction of sp³-hybridized carbons (Fsp3) is 0.103. The van der Waals surface area contributed by atoms with E-state index in [-0.39, 0.29) is 35.2 Å².